The third-order valence-corrected chi connectivity index (χ3v) is 2.28. The zero-order valence-corrected chi connectivity index (χ0v) is 11.1. The predicted octanol–water partition coefficient (Wildman–Crippen LogP) is 2.94. The molecule has 1 aromatic carbocycles. The van der Waals surface area contributed by atoms with Gasteiger partial charge in [-0.1, -0.05) is 0 Å². The van der Waals surface area contributed by atoms with Crippen LogP contribution in [0.5, 0.6) is 11.5 Å². The van der Waals surface area contributed by atoms with E-state index in [0.29, 0.717) is 19.0 Å². The van der Waals surface area contributed by atoms with E-state index in [1.165, 1.54) is 12.1 Å². The van der Waals surface area contributed by atoms with Crippen LogP contribution in [0.3, 0.4) is 0 Å². The van der Waals surface area contributed by atoms with Gasteiger partial charge in [0.1, 0.15) is 24.5 Å². The van der Waals surface area contributed by atoms with E-state index in [0.717, 1.165) is 0 Å². The average Bonchev–Trinajstić information content (AvgIpc) is 2.31. The summed E-state index contributed by atoms with van der Waals surface area (Å²) in [6, 6.07) is 2.67. The second kappa shape index (κ2) is 4.95. The zero-order chi connectivity index (χ0) is 14.0. The van der Waals surface area contributed by atoms with Crippen LogP contribution in [0, 0.1) is 5.82 Å². The minimum absolute atomic E-state index is 0.0635. The summed E-state index contributed by atoms with van der Waals surface area (Å²) in [5.41, 5.74) is -0.723. The van der Waals surface area contributed by atoms with Gasteiger partial charge in [-0.2, -0.15) is 0 Å². The lowest BCUT2D eigenvalue weighted by molar-refractivity contribution is 0.0634. The van der Waals surface area contributed by atoms with E-state index in [-0.39, 0.29) is 11.4 Å². The molecule has 0 radical (unpaired) electrons. The molecule has 1 aromatic rings. The molecule has 0 aromatic heterocycles. The fourth-order valence-electron chi connectivity index (χ4n) is 1.61. The van der Waals surface area contributed by atoms with Gasteiger partial charge in [0, 0.05) is 0 Å². The maximum absolute atomic E-state index is 13.8. The highest BCUT2D eigenvalue weighted by atomic mass is 19.1. The molecule has 0 aliphatic carbocycles. The van der Waals surface area contributed by atoms with Crippen LogP contribution in [0.25, 0.3) is 0 Å². The average molecular weight is 269 g/mol. The van der Waals surface area contributed by atoms with E-state index in [4.69, 9.17) is 14.2 Å². The van der Waals surface area contributed by atoms with E-state index in [1.807, 2.05) is 0 Å². The van der Waals surface area contributed by atoms with Crippen LogP contribution in [0.1, 0.15) is 20.8 Å². The first-order valence-corrected chi connectivity index (χ1v) is 5.95. The smallest absolute Gasteiger partial charge is 0.412 e. The number of benzene rings is 1. The quantitative estimate of drug-likeness (QED) is 0.851. The van der Waals surface area contributed by atoms with Crippen molar-refractivity contribution < 1.29 is 23.4 Å². The summed E-state index contributed by atoms with van der Waals surface area (Å²) in [4.78, 5) is 11.7. The van der Waals surface area contributed by atoms with E-state index < -0.39 is 17.5 Å². The predicted molar refractivity (Wildman–Crippen MR) is 67.2 cm³/mol. The first-order valence-electron chi connectivity index (χ1n) is 5.95. The first kappa shape index (κ1) is 13.5. The minimum Gasteiger partial charge on any atom is -0.486 e. The molecule has 2 rings (SSSR count). The Morgan fingerprint density at radius 2 is 2.00 bits per heavy atom. The summed E-state index contributed by atoms with van der Waals surface area (Å²) in [5, 5.41) is 2.35. The van der Waals surface area contributed by atoms with Gasteiger partial charge in [0.05, 0.1) is 0 Å². The Morgan fingerprint density at radius 1 is 1.32 bits per heavy atom. The van der Waals surface area contributed by atoms with E-state index in [9.17, 15) is 9.18 Å². The van der Waals surface area contributed by atoms with Gasteiger partial charge in [0.15, 0.2) is 17.3 Å². The first-order chi connectivity index (χ1) is 8.87. The van der Waals surface area contributed by atoms with Crippen LogP contribution in [0.15, 0.2) is 12.1 Å². The Bertz CT molecular complexity index is 496. The topological polar surface area (TPSA) is 56.8 Å². The lowest BCUT2D eigenvalue weighted by Gasteiger charge is -2.23. The van der Waals surface area contributed by atoms with Crippen molar-refractivity contribution in [1.29, 1.82) is 0 Å². The van der Waals surface area contributed by atoms with Crippen LogP contribution < -0.4 is 14.8 Å². The SMILES string of the molecule is CC(C)(C)OC(=O)Nc1c(F)ccc2c1OCCO2. The highest BCUT2D eigenvalue weighted by molar-refractivity contribution is 5.88. The second-order valence-electron chi connectivity index (χ2n) is 5.07. The van der Waals surface area contributed by atoms with Crippen molar-refractivity contribution in [1.82, 2.24) is 0 Å². The van der Waals surface area contributed by atoms with E-state index in [1.54, 1.807) is 20.8 Å². The Kier molecular flexibility index (Phi) is 3.50. The molecule has 0 atom stereocenters. The Hall–Kier alpha value is -1.98. The van der Waals surface area contributed by atoms with E-state index >= 15 is 0 Å². The zero-order valence-electron chi connectivity index (χ0n) is 11.1. The number of ether oxygens (including phenoxy) is 3. The van der Waals surface area contributed by atoms with Gasteiger partial charge in [0.25, 0.3) is 0 Å². The monoisotopic (exact) mass is 269 g/mol. The van der Waals surface area contributed by atoms with Crippen molar-refractivity contribution in [3.8, 4) is 11.5 Å². The minimum atomic E-state index is -0.742. The summed E-state index contributed by atoms with van der Waals surface area (Å²) < 4.78 is 29.5. The molecule has 1 aliphatic heterocycles. The highest BCUT2D eigenvalue weighted by Gasteiger charge is 2.23. The number of fused-ring (bicyclic) bond motifs is 1. The molecule has 1 heterocycles. The molecule has 0 spiro atoms. The molecule has 5 nitrogen and oxygen atoms in total. The largest absolute Gasteiger partial charge is 0.486 e. The normalized spacial score (nSPS) is 13.9. The standard InChI is InChI=1S/C13H16FNO4/c1-13(2,3)19-12(16)15-10-8(14)4-5-9-11(10)18-7-6-17-9/h4-5H,6-7H2,1-3H3,(H,15,16). The summed E-state index contributed by atoms with van der Waals surface area (Å²) in [6.07, 6.45) is -0.742. The third-order valence-electron chi connectivity index (χ3n) is 2.28. The lowest BCUT2D eigenvalue weighted by Crippen LogP contribution is -2.28. The number of carbonyl (C=O) groups excluding carboxylic acids is 1. The number of hydrogen-bond donors (Lipinski definition) is 1. The molecule has 0 unspecified atom stereocenters. The molecular formula is C13H16FNO4. The number of halogens is 1. The van der Waals surface area contributed by atoms with Gasteiger partial charge >= 0.3 is 6.09 Å². The summed E-state index contributed by atoms with van der Waals surface area (Å²) >= 11 is 0. The fraction of sp³-hybridized carbons (Fsp3) is 0.462. The third kappa shape index (κ3) is 3.27. The Morgan fingerprint density at radius 3 is 2.68 bits per heavy atom. The number of hydrogen-bond acceptors (Lipinski definition) is 4. The fourth-order valence-corrected chi connectivity index (χ4v) is 1.61. The molecule has 19 heavy (non-hydrogen) atoms. The van der Waals surface area contributed by atoms with Crippen molar-refractivity contribution in [2.45, 2.75) is 26.4 Å². The van der Waals surface area contributed by atoms with Gasteiger partial charge in [-0.3, -0.25) is 5.32 Å². The second-order valence-corrected chi connectivity index (χ2v) is 5.07. The number of rotatable bonds is 1. The maximum atomic E-state index is 13.8. The van der Waals surface area contributed by atoms with Crippen molar-refractivity contribution in [3.05, 3.63) is 17.9 Å². The maximum Gasteiger partial charge on any atom is 0.412 e. The highest BCUT2D eigenvalue weighted by Crippen LogP contribution is 2.39. The summed E-state index contributed by atoms with van der Waals surface area (Å²) in [7, 11) is 0. The van der Waals surface area contributed by atoms with Crippen LogP contribution in [-0.4, -0.2) is 24.9 Å². The molecule has 0 fully saturated rings. The van der Waals surface area contributed by atoms with Crippen molar-refractivity contribution in [2.75, 3.05) is 18.5 Å². The van der Waals surface area contributed by atoms with Crippen LogP contribution >= 0.6 is 0 Å². The van der Waals surface area contributed by atoms with Crippen molar-refractivity contribution >= 4 is 11.8 Å². The summed E-state index contributed by atoms with van der Waals surface area (Å²) in [5.74, 6) is -0.00840. The number of amides is 1. The Balaban J connectivity index is 2.22. The summed E-state index contributed by atoms with van der Waals surface area (Å²) in [6.45, 7) is 5.87. The molecule has 1 N–H and O–H groups in total. The van der Waals surface area contributed by atoms with Gasteiger partial charge in [-0.25, -0.2) is 9.18 Å². The van der Waals surface area contributed by atoms with Crippen molar-refractivity contribution in [3.63, 3.8) is 0 Å². The van der Waals surface area contributed by atoms with Crippen LogP contribution in [0.2, 0.25) is 0 Å². The molecule has 1 amide bonds. The van der Waals surface area contributed by atoms with Crippen LogP contribution in [-0.2, 0) is 4.74 Å². The molecule has 0 saturated heterocycles. The van der Waals surface area contributed by atoms with E-state index in [2.05, 4.69) is 5.32 Å². The van der Waals surface area contributed by atoms with Gasteiger partial charge in [0.2, 0.25) is 0 Å². The number of anilines is 1. The lowest BCUT2D eigenvalue weighted by atomic mass is 10.2. The number of nitrogens with one attached hydrogen (secondary N) is 1. The number of carbonyl (C=O) groups is 1. The molecule has 0 saturated carbocycles. The van der Waals surface area contributed by atoms with Crippen LogP contribution in [0.4, 0.5) is 14.9 Å². The molecule has 1 aliphatic rings. The van der Waals surface area contributed by atoms with Gasteiger partial charge in [-0.05, 0) is 32.9 Å². The molecule has 6 heteroatoms. The Labute approximate surface area is 110 Å². The van der Waals surface area contributed by atoms with Crippen molar-refractivity contribution in [2.24, 2.45) is 0 Å². The molecule has 0 bridgehead atoms. The van der Waals surface area contributed by atoms with Gasteiger partial charge in [-0.15, -0.1) is 0 Å². The molecular weight excluding hydrogens is 253 g/mol. The van der Waals surface area contributed by atoms with Gasteiger partial charge < -0.3 is 14.2 Å². The molecule has 104 valence electrons.